The number of esters is 1. The lowest BCUT2D eigenvalue weighted by molar-refractivity contribution is -0.162. The molecule has 2 aromatic rings. The van der Waals surface area contributed by atoms with Crippen LogP contribution in [0.1, 0.15) is 35.3 Å². The molecule has 1 fully saturated rings. The number of aromatic nitrogens is 4. The maximum Gasteiger partial charge on any atom is 0.308 e. The first-order valence-electron chi connectivity index (χ1n) is 10.1. The largest absolute Gasteiger partial charge is 0.454 e. The number of aromatic amines is 1. The molecule has 164 valence electrons. The lowest BCUT2D eigenvalue weighted by Gasteiger charge is -2.22. The summed E-state index contributed by atoms with van der Waals surface area (Å²) in [6.07, 6.45) is -3.59. The molecule has 3 heterocycles. The van der Waals surface area contributed by atoms with E-state index in [0.717, 1.165) is 0 Å². The van der Waals surface area contributed by atoms with Gasteiger partial charge in [-0.2, -0.15) is 4.98 Å². The molecule has 0 spiro atoms. The number of nitrogens with one attached hydrogen (secondary N) is 2. The van der Waals surface area contributed by atoms with Gasteiger partial charge in [-0.05, 0) is 0 Å². The van der Waals surface area contributed by atoms with Crippen LogP contribution in [0.4, 0.5) is 5.95 Å². The van der Waals surface area contributed by atoms with Gasteiger partial charge in [0.2, 0.25) is 11.9 Å². The quantitative estimate of drug-likeness (QED) is 0.448. The van der Waals surface area contributed by atoms with E-state index in [1.807, 2.05) is 0 Å². The van der Waals surface area contributed by atoms with Crippen molar-refractivity contribution in [2.24, 2.45) is 11.8 Å². The number of nitrogens with zero attached hydrogens (tertiary/aromatic N) is 3. The molecule has 0 aliphatic carbocycles. The van der Waals surface area contributed by atoms with Gasteiger partial charge >= 0.3 is 5.97 Å². The molecule has 1 saturated heterocycles. The van der Waals surface area contributed by atoms with Gasteiger partial charge < -0.3 is 19.7 Å². The minimum Gasteiger partial charge on any atom is -0.454 e. The Morgan fingerprint density at radius 1 is 1.43 bits per heavy atom. The first kappa shape index (κ1) is 20.4. The minimum atomic E-state index is -1.36. The number of carbonyl (C=O) groups excluding carboxylic acids is 2. The molecule has 30 heavy (non-hydrogen) atoms. The van der Waals surface area contributed by atoms with Crippen molar-refractivity contribution in [2.75, 3.05) is 11.9 Å². The lowest BCUT2D eigenvalue weighted by Crippen LogP contribution is -2.37. The second-order valence-electron chi connectivity index (χ2n) is 7.42. The number of aliphatic hydroxyl groups excluding tert-OH is 2. The molecule has 0 aromatic carbocycles. The number of aliphatic hydroxyl groups is 2. The maximum atomic E-state index is 12.4. The number of carbonyl (C=O) groups is 2. The standard InChI is InChI=1S/C18H25N5O7/c1-7(2)14(26)21-18-20-13-10(15(27)22-18)19-6-23(13)16-12(30-17(28)8(3)4)11(25)9(5-24)29-16/h6-9,11-12,16,24-25H,5H2,1-4H3,(H2,20,21,22,26,27)/t9-,11-,12+,16?/m1/s1/i3D/t8?,9-,11-,12+,16?. The van der Waals surface area contributed by atoms with Crippen LogP contribution in [0.2, 0.25) is 0 Å². The molecule has 1 aliphatic rings. The third-order valence-corrected chi connectivity index (χ3v) is 4.62. The molecule has 3 rings (SSSR count). The van der Waals surface area contributed by atoms with E-state index in [4.69, 9.17) is 10.8 Å². The Morgan fingerprint density at radius 3 is 2.80 bits per heavy atom. The number of fused-ring (bicyclic) bond motifs is 1. The third-order valence-electron chi connectivity index (χ3n) is 4.62. The normalized spacial score (nSPS) is 25.3. The molecule has 12 heteroatoms. The van der Waals surface area contributed by atoms with E-state index in [1.165, 1.54) is 17.8 Å². The zero-order chi connectivity index (χ0) is 22.9. The van der Waals surface area contributed by atoms with E-state index in [-0.39, 0.29) is 35.8 Å². The van der Waals surface area contributed by atoms with Gasteiger partial charge in [0, 0.05) is 7.29 Å². The van der Waals surface area contributed by atoms with Gasteiger partial charge in [0.05, 0.1) is 18.9 Å². The fraction of sp³-hybridized carbons (Fsp3) is 0.611. The Hall–Kier alpha value is -2.83. The zero-order valence-corrected chi connectivity index (χ0v) is 16.7. The average Bonchev–Trinajstić information content (AvgIpc) is 3.28. The monoisotopic (exact) mass is 424 g/mol. The van der Waals surface area contributed by atoms with Crippen molar-refractivity contribution in [3.8, 4) is 0 Å². The Morgan fingerprint density at radius 2 is 2.17 bits per heavy atom. The van der Waals surface area contributed by atoms with Crippen molar-refractivity contribution in [3.05, 3.63) is 16.7 Å². The van der Waals surface area contributed by atoms with Gasteiger partial charge in [0.1, 0.15) is 12.2 Å². The summed E-state index contributed by atoms with van der Waals surface area (Å²) in [5.74, 6) is -2.28. The molecule has 1 amide bonds. The van der Waals surface area contributed by atoms with Crippen LogP contribution >= 0.6 is 0 Å². The predicted molar refractivity (Wildman–Crippen MR) is 103 cm³/mol. The second-order valence-corrected chi connectivity index (χ2v) is 7.42. The highest BCUT2D eigenvalue weighted by atomic mass is 16.6. The van der Waals surface area contributed by atoms with Crippen LogP contribution in [-0.2, 0) is 19.1 Å². The smallest absolute Gasteiger partial charge is 0.308 e. The Labute approximate surface area is 172 Å². The highest BCUT2D eigenvalue weighted by molar-refractivity contribution is 5.91. The molecule has 4 N–H and O–H groups in total. The summed E-state index contributed by atoms with van der Waals surface area (Å²) in [7, 11) is 0. The van der Waals surface area contributed by atoms with Crippen molar-refractivity contribution in [3.63, 3.8) is 0 Å². The fourth-order valence-corrected chi connectivity index (χ4v) is 2.90. The number of H-pyrrole nitrogens is 1. The summed E-state index contributed by atoms with van der Waals surface area (Å²) in [5, 5.41) is 22.5. The number of anilines is 1. The SMILES string of the molecule is [2H]CC(C)C(=O)O[C@@H]1C(n2cnc3c(=O)[nH]c(NC(=O)C(C)C)nc32)O[C@H](CO)[C@H]1O. The Balaban J connectivity index is 2.01. The first-order chi connectivity index (χ1) is 14.7. The van der Waals surface area contributed by atoms with Crippen LogP contribution in [0.5, 0.6) is 0 Å². The van der Waals surface area contributed by atoms with Crippen molar-refractivity contribution in [1.82, 2.24) is 19.5 Å². The number of amides is 1. The third kappa shape index (κ3) is 4.06. The first-order valence-corrected chi connectivity index (χ1v) is 9.39. The van der Waals surface area contributed by atoms with Gasteiger partial charge in [-0.1, -0.05) is 27.7 Å². The highest BCUT2D eigenvalue weighted by Crippen LogP contribution is 2.33. The van der Waals surface area contributed by atoms with Gasteiger partial charge in [-0.15, -0.1) is 0 Å². The van der Waals surface area contributed by atoms with Crippen LogP contribution in [0, 0.1) is 11.8 Å². The van der Waals surface area contributed by atoms with Gasteiger partial charge in [0.25, 0.3) is 5.56 Å². The lowest BCUT2D eigenvalue weighted by atomic mass is 10.1. The number of imidazole rings is 1. The number of rotatable bonds is 6. The predicted octanol–water partition coefficient (Wildman–Crippen LogP) is -0.467. The van der Waals surface area contributed by atoms with E-state index < -0.39 is 48.6 Å². The van der Waals surface area contributed by atoms with E-state index in [9.17, 15) is 24.6 Å². The molecule has 0 saturated carbocycles. The Kier molecular flexibility index (Phi) is 5.79. The minimum absolute atomic E-state index is 0.0215. The summed E-state index contributed by atoms with van der Waals surface area (Å²) in [6, 6.07) is 0. The summed E-state index contributed by atoms with van der Waals surface area (Å²) < 4.78 is 19.7. The summed E-state index contributed by atoms with van der Waals surface area (Å²) in [4.78, 5) is 47.3. The van der Waals surface area contributed by atoms with Crippen molar-refractivity contribution >= 4 is 29.0 Å². The van der Waals surface area contributed by atoms with E-state index in [1.54, 1.807) is 13.8 Å². The zero-order valence-electron chi connectivity index (χ0n) is 17.7. The highest BCUT2D eigenvalue weighted by Gasteiger charge is 2.47. The number of hydrogen-bond donors (Lipinski definition) is 4. The molecule has 0 bridgehead atoms. The van der Waals surface area contributed by atoms with Gasteiger partial charge in [-0.25, -0.2) is 4.98 Å². The van der Waals surface area contributed by atoms with Gasteiger partial charge in [0.15, 0.2) is 23.5 Å². The number of ether oxygens (including phenoxy) is 2. The summed E-state index contributed by atoms with van der Waals surface area (Å²) in [6.45, 7) is 4.11. The van der Waals surface area contributed by atoms with Crippen molar-refractivity contribution in [1.29, 1.82) is 0 Å². The van der Waals surface area contributed by atoms with Crippen LogP contribution in [0.3, 0.4) is 0 Å². The Bertz CT molecular complexity index is 1020. The molecule has 0 radical (unpaired) electrons. The molecule has 2 aromatic heterocycles. The van der Waals surface area contributed by atoms with E-state index >= 15 is 0 Å². The average molecular weight is 424 g/mol. The fourth-order valence-electron chi connectivity index (χ4n) is 2.90. The van der Waals surface area contributed by atoms with Crippen LogP contribution in [0.15, 0.2) is 11.1 Å². The van der Waals surface area contributed by atoms with Crippen LogP contribution < -0.4 is 10.9 Å². The van der Waals surface area contributed by atoms with E-state index in [0.29, 0.717) is 0 Å². The van der Waals surface area contributed by atoms with E-state index in [2.05, 4.69) is 20.3 Å². The maximum absolute atomic E-state index is 12.4. The van der Waals surface area contributed by atoms with Crippen LogP contribution in [0.25, 0.3) is 11.2 Å². The van der Waals surface area contributed by atoms with Crippen molar-refractivity contribution < 1.29 is 30.6 Å². The number of hydrogen-bond acceptors (Lipinski definition) is 9. The summed E-state index contributed by atoms with van der Waals surface area (Å²) in [5.41, 5.74) is -0.651. The molecular formula is C18H25N5O7. The molecular weight excluding hydrogens is 398 g/mol. The second kappa shape index (κ2) is 8.50. The van der Waals surface area contributed by atoms with Gasteiger partial charge in [-0.3, -0.25) is 29.3 Å². The van der Waals surface area contributed by atoms with Crippen LogP contribution in [-0.4, -0.2) is 66.5 Å². The summed E-state index contributed by atoms with van der Waals surface area (Å²) >= 11 is 0. The molecule has 1 aliphatic heterocycles. The van der Waals surface area contributed by atoms with Crippen molar-refractivity contribution in [2.45, 2.75) is 52.2 Å². The molecule has 2 unspecified atom stereocenters. The molecule has 5 atom stereocenters. The topological polar surface area (TPSA) is 169 Å². The molecule has 12 nitrogen and oxygen atoms in total.